The molecule has 0 unspecified atom stereocenters. The maximum atomic E-state index is 7.14. The molecule has 0 spiro atoms. The van der Waals surface area contributed by atoms with E-state index in [0.717, 1.165) is 12.3 Å². The highest BCUT2D eigenvalue weighted by molar-refractivity contribution is 6.64. The molecule has 0 heterocycles. The molecule has 1 N–H and O–H groups in total. The van der Waals surface area contributed by atoms with E-state index >= 15 is 0 Å². The second-order valence-corrected chi connectivity index (χ2v) is 4.08. The molecule has 1 rings (SSSR count). The van der Waals surface area contributed by atoms with Gasteiger partial charge >= 0.3 is 0 Å². The molecule has 0 bridgehead atoms. The Morgan fingerprint density at radius 2 is 2.07 bits per heavy atom. The molecule has 0 saturated heterocycles. The Balaban J connectivity index is 2.63. The second-order valence-electron chi connectivity index (χ2n) is 3.72. The predicted octanol–water partition coefficient (Wildman–Crippen LogP) is 2.84. The molecule has 0 aromatic heterocycles. The van der Waals surface area contributed by atoms with Crippen LogP contribution in [0.5, 0.6) is 0 Å². The zero-order valence-electron chi connectivity index (χ0n) is 8.89. The minimum absolute atomic E-state index is 0.119. The van der Waals surface area contributed by atoms with Crippen molar-refractivity contribution in [3.8, 4) is 0 Å². The number of amidine groups is 2. The molecule has 0 amide bonds. The normalized spacial score (nSPS) is 18.6. The number of aliphatic imine (C=N–C) groups is 1. The number of rotatable bonds is 2. The standard InChI is InChI=1S/C10H18ClN3/c1-3-9(13-10(11)12)14(2)8-6-4-5-7-8/h8,12H,3-7H2,1-2H3. The SMILES string of the molecule is CCC(=NC(=N)Cl)N(C)C1CCCC1. The molecule has 1 aliphatic carbocycles. The topological polar surface area (TPSA) is 39.5 Å². The van der Waals surface area contributed by atoms with Crippen LogP contribution in [0.15, 0.2) is 4.99 Å². The van der Waals surface area contributed by atoms with Gasteiger partial charge in [0.25, 0.3) is 0 Å². The van der Waals surface area contributed by atoms with Crippen LogP contribution in [0.25, 0.3) is 0 Å². The average molecular weight is 216 g/mol. The fourth-order valence-electron chi connectivity index (χ4n) is 2.02. The maximum absolute atomic E-state index is 7.14. The van der Waals surface area contributed by atoms with Crippen LogP contribution < -0.4 is 0 Å². The molecule has 1 saturated carbocycles. The fraction of sp³-hybridized carbons (Fsp3) is 0.800. The third kappa shape index (κ3) is 2.98. The van der Waals surface area contributed by atoms with Crippen molar-refractivity contribution in [1.29, 1.82) is 5.41 Å². The summed E-state index contributed by atoms with van der Waals surface area (Å²) in [6.07, 6.45) is 5.94. The highest BCUT2D eigenvalue weighted by Crippen LogP contribution is 2.23. The van der Waals surface area contributed by atoms with Gasteiger partial charge in [0.2, 0.25) is 5.29 Å². The third-order valence-corrected chi connectivity index (χ3v) is 2.91. The lowest BCUT2D eigenvalue weighted by Crippen LogP contribution is -2.35. The van der Waals surface area contributed by atoms with Gasteiger partial charge in [-0.1, -0.05) is 19.8 Å². The van der Waals surface area contributed by atoms with Crippen LogP contribution in [-0.4, -0.2) is 29.1 Å². The minimum atomic E-state index is -0.119. The van der Waals surface area contributed by atoms with Gasteiger partial charge in [0.1, 0.15) is 5.84 Å². The summed E-state index contributed by atoms with van der Waals surface area (Å²) in [5.41, 5.74) is 0. The molecule has 0 aliphatic heterocycles. The van der Waals surface area contributed by atoms with E-state index in [1.807, 2.05) is 6.92 Å². The summed E-state index contributed by atoms with van der Waals surface area (Å²) in [6, 6.07) is 0.602. The Kier molecular flexibility index (Phi) is 4.39. The van der Waals surface area contributed by atoms with Crippen LogP contribution in [0.4, 0.5) is 0 Å². The molecule has 14 heavy (non-hydrogen) atoms. The quantitative estimate of drug-likeness (QED) is 0.430. The van der Waals surface area contributed by atoms with Gasteiger partial charge in [-0.05, 0) is 24.4 Å². The molecule has 0 radical (unpaired) electrons. The Morgan fingerprint density at radius 1 is 1.50 bits per heavy atom. The smallest absolute Gasteiger partial charge is 0.216 e. The zero-order valence-corrected chi connectivity index (χ0v) is 9.64. The first-order valence-electron chi connectivity index (χ1n) is 5.19. The largest absolute Gasteiger partial charge is 0.360 e. The van der Waals surface area contributed by atoms with Crippen molar-refractivity contribution in [3.63, 3.8) is 0 Å². The molecule has 0 atom stereocenters. The Labute approximate surface area is 90.7 Å². The summed E-state index contributed by atoms with van der Waals surface area (Å²) >= 11 is 5.47. The first-order valence-corrected chi connectivity index (χ1v) is 5.57. The summed E-state index contributed by atoms with van der Waals surface area (Å²) in [5.74, 6) is 0.928. The van der Waals surface area contributed by atoms with Crippen molar-refractivity contribution >= 4 is 22.7 Å². The van der Waals surface area contributed by atoms with Crippen molar-refractivity contribution in [1.82, 2.24) is 4.90 Å². The van der Waals surface area contributed by atoms with Crippen LogP contribution in [0, 0.1) is 5.41 Å². The number of halogens is 1. The van der Waals surface area contributed by atoms with Crippen molar-refractivity contribution in [3.05, 3.63) is 0 Å². The number of hydrogen-bond donors (Lipinski definition) is 1. The molecule has 4 heteroatoms. The summed E-state index contributed by atoms with van der Waals surface area (Å²) in [5, 5.41) is 7.02. The van der Waals surface area contributed by atoms with Gasteiger partial charge in [0.05, 0.1) is 0 Å². The molecule has 3 nitrogen and oxygen atoms in total. The van der Waals surface area contributed by atoms with Crippen molar-refractivity contribution in [2.45, 2.75) is 45.1 Å². The Bertz CT molecular complexity index is 232. The number of nitrogens with zero attached hydrogens (tertiary/aromatic N) is 2. The van der Waals surface area contributed by atoms with Gasteiger partial charge in [-0.2, -0.15) is 0 Å². The molecule has 0 aromatic rings. The maximum Gasteiger partial charge on any atom is 0.216 e. The monoisotopic (exact) mass is 215 g/mol. The van der Waals surface area contributed by atoms with E-state index in [0.29, 0.717) is 6.04 Å². The average Bonchev–Trinajstić information content (AvgIpc) is 2.65. The van der Waals surface area contributed by atoms with Crippen LogP contribution in [0.2, 0.25) is 0 Å². The van der Waals surface area contributed by atoms with Gasteiger partial charge in [-0.15, -0.1) is 0 Å². The highest BCUT2D eigenvalue weighted by atomic mass is 35.5. The van der Waals surface area contributed by atoms with E-state index in [4.69, 9.17) is 17.0 Å². The van der Waals surface area contributed by atoms with Crippen molar-refractivity contribution < 1.29 is 0 Å². The first-order chi connectivity index (χ1) is 6.65. The van der Waals surface area contributed by atoms with Crippen LogP contribution in [0.3, 0.4) is 0 Å². The number of hydrogen-bond acceptors (Lipinski definition) is 1. The zero-order chi connectivity index (χ0) is 10.6. The molecule has 80 valence electrons. The van der Waals surface area contributed by atoms with Gasteiger partial charge in [-0.3, -0.25) is 5.41 Å². The van der Waals surface area contributed by atoms with E-state index in [1.165, 1.54) is 25.7 Å². The van der Waals surface area contributed by atoms with Crippen LogP contribution in [-0.2, 0) is 0 Å². The van der Waals surface area contributed by atoms with Crippen molar-refractivity contribution in [2.75, 3.05) is 7.05 Å². The predicted molar refractivity (Wildman–Crippen MR) is 61.3 cm³/mol. The fourth-order valence-corrected chi connectivity index (χ4v) is 2.12. The van der Waals surface area contributed by atoms with Gasteiger partial charge in [0, 0.05) is 19.5 Å². The van der Waals surface area contributed by atoms with E-state index in [2.05, 4.69) is 16.9 Å². The Hall–Kier alpha value is -0.570. The third-order valence-electron chi connectivity index (χ3n) is 2.82. The lowest BCUT2D eigenvalue weighted by Gasteiger charge is -2.27. The van der Waals surface area contributed by atoms with Crippen LogP contribution >= 0.6 is 11.6 Å². The Morgan fingerprint density at radius 3 is 2.50 bits per heavy atom. The van der Waals surface area contributed by atoms with Gasteiger partial charge < -0.3 is 4.90 Å². The lowest BCUT2D eigenvalue weighted by molar-refractivity contribution is 0.366. The first kappa shape index (κ1) is 11.5. The van der Waals surface area contributed by atoms with E-state index in [9.17, 15) is 0 Å². The van der Waals surface area contributed by atoms with Crippen molar-refractivity contribution in [2.24, 2.45) is 4.99 Å². The summed E-state index contributed by atoms with van der Waals surface area (Å²) in [7, 11) is 2.05. The number of nitrogens with one attached hydrogen (secondary N) is 1. The van der Waals surface area contributed by atoms with E-state index in [-0.39, 0.29) is 5.29 Å². The summed E-state index contributed by atoms with van der Waals surface area (Å²) in [4.78, 5) is 6.22. The minimum Gasteiger partial charge on any atom is -0.360 e. The molecule has 1 fully saturated rings. The molecule has 0 aromatic carbocycles. The molecule has 1 aliphatic rings. The van der Waals surface area contributed by atoms with E-state index < -0.39 is 0 Å². The molecular weight excluding hydrogens is 198 g/mol. The van der Waals surface area contributed by atoms with E-state index in [1.54, 1.807) is 0 Å². The highest BCUT2D eigenvalue weighted by Gasteiger charge is 2.21. The lowest BCUT2D eigenvalue weighted by atomic mass is 10.2. The van der Waals surface area contributed by atoms with Gasteiger partial charge in [0.15, 0.2) is 0 Å². The second kappa shape index (κ2) is 5.35. The summed E-state index contributed by atoms with van der Waals surface area (Å²) in [6.45, 7) is 2.05. The summed E-state index contributed by atoms with van der Waals surface area (Å²) < 4.78 is 0. The molecular formula is C10H18ClN3. The van der Waals surface area contributed by atoms with Crippen LogP contribution in [0.1, 0.15) is 39.0 Å². The van der Waals surface area contributed by atoms with Gasteiger partial charge in [-0.25, -0.2) is 4.99 Å².